The van der Waals surface area contributed by atoms with Gasteiger partial charge in [-0.15, -0.1) is 0 Å². The first-order valence-electron chi connectivity index (χ1n) is 5.97. The van der Waals surface area contributed by atoms with Crippen molar-refractivity contribution in [2.75, 3.05) is 6.54 Å². The van der Waals surface area contributed by atoms with Crippen LogP contribution in [0.3, 0.4) is 0 Å². The summed E-state index contributed by atoms with van der Waals surface area (Å²) in [6.07, 6.45) is 3.21. The number of nitrogens with two attached hydrogens (primary N) is 1. The Kier molecular flexibility index (Phi) is 4.31. The third-order valence-electron chi connectivity index (χ3n) is 2.86. The van der Waals surface area contributed by atoms with Gasteiger partial charge >= 0.3 is 0 Å². The lowest BCUT2D eigenvalue weighted by Crippen LogP contribution is -2.10. The molecule has 0 heterocycles. The molecule has 88 valence electrons. The Morgan fingerprint density at radius 2 is 1.75 bits per heavy atom. The summed E-state index contributed by atoms with van der Waals surface area (Å²) in [6, 6.07) is 8.75. The van der Waals surface area contributed by atoms with Gasteiger partial charge in [0, 0.05) is 6.54 Å². The molecule has 1 heteroatoms. The van der Waals surface area contributed by atoms with Crippen LogP contribution in [-0.4, -0.2) is 6.54 Å². The molecule has 16 heavy (non-hydrogen) atoms. The van der Waals surface area contributed by atoms with Crippen molar-refractivity contribution in [2.24, 2.45) is 5.73 Å². The lowest BCUT2D eigenvalue weighted by Gasteiger charge is -2.18. The fraction of sp³-hybridized carbons (Fsp3) is 0.467. The van der Waals surface area contributed by atoms with Crippen molar-refractivity contribution in [3.63, 3.8) is 0 Å². The Bertz CT molecular complexity index is 346. The number of hydrogen-bond donors (Lipinski definition) is 1. The van der Waals surface area contributed by atoms with Gasteiger partial charge in [-0.25, -0.2) is 0 Å². The van der Waals surface area contributed by atoms with E-state index in [-0.39, 0.29) is 5.41 Å². The Morgan fingerprint density at radius 3 is 2.12 bits per heavy atom. The minimum absolute atomic E-state index is 0.226. The van der Waals surface area contributed by atoms with Crippen LogP contribution in [0.15, 0.2) is 29.8 Å². The second kappa shape index (κ2) is 5.31. The zero-order chi connectivity index (χ0) is 12.2. The maximum atomic E-state index is 5.66. The normalized spacial score (nSPS) is 12.9. The topological polar surface area (TPSA) is 26.0 Å². The Morgan fingerprint density at radius 1 is 1.19 bits per heavy atom. The molecule has 0 spiro atoms. The molecule has 0 amide bonds. The predicted molar refractivity (Wildman–Crippen MR) is 72.5 cm³/mol. The number of hydrogen-bond acceptors (Lipinski definition) is 1. The summed E-state index contributed by atoms with van der Waals surface area (Å²) in [5.41, 5.74) is 9.80. The van der Waals surface area contributed by atoms with Gasteiger partial charge in [0.15, 0.2) is 0 Å². The van der Waals surface area contributed by atoms with Crippen LogP contribution in [0, 0.1) is 0 Å². The highest BCUT2D eigenvalue weighted by atomic mass is 14.5. The van der Waals surface area contributed by atoms with Crippen LogP contribution >= 0.6 is 0 Å². The summed E-state index contributed by atoms with van der Waals surface area (Å²) < 4.78 is 0. The van der Waals surface area contributed by atoms with Crippen LogP contribution in [0.1, 0.15) is 45.2 Å². The summed E-state index contributed by atoms with van der Waals surface area (Å²) in [5.74, 6) is 0. The maximum absolute atomic E-state index is 5.66. The molecule has 0 bridgehead atoms. The summed E-state index contributed by atoms with van der Waals surface area (Å²) >= 11 is 0. The van der Waals surface area contributed by atoms with Gasteiger partial charge in [-0.2, -0.15) is 0 Å². The van der Waals surface area contributed by atoms with Crippen LogP contribution in [0.25, 0.3) is 6.08 Å². The van der Waals surface area contributed by atoms with Crippen LogP contribution in [0.2, 0.25) is 0 Å². The standard InChI is InChI=1S/C15H23N/c1-5-12(11-16)10-13-6-8-14(9-7-13)15(2,3)4/h6-10H,5,11,16H2,1-4H3. The predicted octanol–water partition coefficient (Wildman–Crippen LogP) is 3.74. The fourth-order valence-electron chi connectivity index (χ4n) is 1.62. The average Bonchev–Trinajstić information content (AvgIpc) is 2.25. The van der Waals surface area contributed by atoms with E-state index >= 15 is 0 Å². The van der Waals surface area contributed by atoms with E-state index in [2.05, 4.69) is 58.0 Å². The molecule has 2 N–H and O–H groups in total. The minimum Gasteiger partial charge on any atom is -0.327 e. The van der Waals surface area contributed by atoms with Crippen molar-refractivity contribution in [3.8, 4) is 0 Å². The third kappa shape index (κ3) is 3.49. The van der Waals surface area contributed by atoms with Gasteiger partial charge in [0.2, 0.25) is 0 Å². The molecule has 0 aliphatic rings. The van der Waals surface area contributed by atoms with Crippen molar-refractivity contribution < 1.29 is 0 Å². The summed E-state index contributed by atoms with van der Waals surface area (Å²) in [7, 11) is 0. The summed E-state index contributed by atoms with van der Waals surface area (Å²) in [5, 5.41) is 0. The molecule has 0 atom stereocenters. The van der Waals surface area contributed by atoms with E-state index in [9.17, 15) is 0 Å². The van der Waals surface area contributed by atoms with E-state index < -0.39 is 0 Å². The first-order chi connectivity index (χ1) is 7.47. The van der Waals surface area contributed by atoms with E-state index in [0.29, 0.717) is 6.54 Å². The molecule has 1 nitrogen and oxygen atoms in total. The Labute approximate surface area is 99.4 Å². The Balaban J connectivity index is 2.91. The van der Waals surface area contributed by atoms with Gasteiger partial charge in [-0.1, -0.05) is 63.6 Å². The van der Waals surface area contributed by atoms with E-state index in [1.165, 1.54) is 16.7 Å². The lowest BCUT2D eigenvalue weighted by molar-refractivity contribution is 0.590. The van der Waals surface area contributed by atoms with Crippen LogP contribution in [0.5, 0.6) is 0 Å². The van der Waals surface area contributed by atoms with Gasteiger partial charge in [-0.3, -0.25) is 0 Å². The highest BCUT2D eigenvalue weighted by Crippen LogP contribution is 2.22. The SMILES string of the molecule is CCC(=Cc1ccc(C(C)(C)C)cc1)CN. The van der Waals surface area contributed by atoms with Gasteiger partial charge in [0.05, 0.1) is 0 Å². The fourth-order valence-corrected chi connectivity index (χ4v) is 1.62. The van der Waals surface area contributed by atoms with Gasteiger partial charge in [-0.05, 0) is 23.0 Å². The highest BCUT2D eigenvalue weighted by molar-refractivity contribution is 5.53. The summed E-state index contributed by atoms with van der Waals surface area (Å²) in [4.78, 5) is 0. The van der Waals surface area contributed by atoms with Crippen molar-refractivity contribution in [1.82, 2.24) is 0 Å². The maximum Gasteiger partial charge on any atom is 0.0140 e. The van der Waals surface area contributed by atoms with Crippen molar-refractivity contribution >= 4 is 6.08 Å². The first-order valence-corrected chi connectivity index (χ1v) is 5.97. The molecule has 0 aliphatic heterocycles. The Hall–Kier alpha value is -1.08. The third-order valence-corrected chi connectivity index (χ3v) is 2.86. The molecular formula is C15H23N. The van der Waals surface area contributed by atoms with Crippen LogP contribution in [0.4, 0.5) is 0 Å². The zero-order valence-corrected chi connectivity index (χ0v) is 10.9. The molecule has 1 aromatic carbocycles. The molecule has 0 aromatic heterocycles. The van der Waals surface area contributed by atoms with E-state index in [0.717, 1.165) is 6.42 Å². The molecule has 0 saturated carbocycles. The summed E-state index contributed by atoms with van der Waals surface area (Å²) in [6.45, 7) is 9.49. The molecule has 0 aliphatic carbocycles. The van der Waals surface area contributed by atoms with E-state index in [4.69, 9.17) is 5.73 Å². The highest BCUT2D eigenvalue weighted by Gasteiger charge is 2.12. The smallest absolute Gasteiger partial charge is 0.0140 e. The van der Waals surface area contributed by atoms with Crippen molar-refractivity contribution in [3.05, 3.63) is 41.0 Å². The largest absolute Gasteiger partial charge is 0.327 e. The molecule has 0 saturated heterocycles. The van der Waals surface area contributed by atoms with E-state index in [1.54, 1.807) is 0 Å². The monoisotopic (exact) mass is 217 g/mol. The molecule has 0 unspecified atom stereocenters. The second-order valence-electron chi connectivity index (χ2n) is 5.23. The number of rotatable bonds is 3. The second-order valence-corrected chi connectivity index (χ2v) is 5.23. The minimum atomic E-state index is 0.226. The molecule has 1 rings (SSSR count). The molecule has 0 fully saturated rings. The van der Waals surface area contributed by atoms with Gasteiger partial charge in [0.25, 0.3) is 0 Å². The molecular weight excluding hydrogens is 194 g/mol. The number of benzene rings is 1. The van der Waals surface area contributed by atoms with Gasteiger partial charge < -0.3 is 5.73 Å². The van der Waals surface area contributed by atoms with Crippen molar-refractivity contribution in [1.29, 1.82) is 0 Å². The molecule has 1 aromatic rings. The van der Waals surface area contributed by atoms with Crippen LogP contribution < -0.4 is 5.73 Å². The van der Waals surface area contributed by atoms with Gasteiger partial charge in [0.1, 0.15) is 0 Å². The van der Waals surface area contributed by atoms with Crippen molar-refractivity contribution in [2.45, 2.75) is 39.5 Å². The zero-order valence-electron chi connectivity index (χ0n) is 10.9. The van der Waals surface area contributed by atoms with Crippen LogP contribution in [-0.2, 0) is 5.41 Å². The average molecular weight is 217 g/mol. The first kappa shape index (κ1) is 13.0. The van der Waals surface area contributed by atoms with E-state index in [1.807, 2.05) is 0 Å². The lowest BCUT2D eigenvalue weighted by atomic mass is 9.86. The molecule has 0 radical (unpaired) electrons. The quantitative estimate of drug-likeness (QED) is 0.820.